The Morgan fingerprint density at radius 2 is 2.32 bits per heavy atom. The Labute approximate surface area is 113 Å². The van der Waals surface area contributed by atoms with E-state index in [1.807, 2.05) is 0 Å². The van der Waals surface area contributed by atoms with E-state index in [0.29, 0.717) is 0 Å². The smallest absolute Gasteiger partial charge is 0.358 e. The van der Waals surface area contributed by atoms with Crippen molar-refractivity contribution in [2.45, 2.75) is 19.3 Å². The minimum Gasteiger partial charge on any atom is -0.491 e. The molecular weight excluding hydrogens is 280 g/mol. The molecule has 0 aliphatic heterocycles. The second-order valence-electron chi connectivity index (χ2n) is 4.20. The third kappa shape index (κ3) is 3.32. The van der Waals surface area contributed by atoms with Gasteiger partial charge in [-0.05, 0) is 6.92 Å². The van der Waals surface area contributed by atoms with Gasteiger partial charge in [-0.2, -0.15) is 0 Å². The molecule has 1 aliphatic carbocycles. The number of aromatic nitrogens is 1. The number of carbonyl (C=O) groups excluding carboxylic acids is 1. The molecule has 4 nitrogen and oxygen atoms in total. The number of nitrogens with zero attached hydrogens (tertiary/aromatic N) is 1. The summed E-state index contributed by atoms with van der Waals surface area (Å²) in [5, 5.41) is 0.0681. The van der Waals surface area contributed by atoms with Gasteiger partial charge in [0.25, 0.3) is 5.92 Å². The van der Waals surface area contributed by atoms with E-state index in [4.69, 9.17) is 21.1 Å². The van der Waals surface area contributed by atoms with Gasteiger partial charge in [0.2, 0.25) is 0 Å². The zero-order valence-corrected chi connectivity index (χ0v) is 10.9. The first kappa shape index (κ1) is 14.0. The third-order valence-electron chi connectivity index (χ3n) is 2.69. The molecule has 2 rings (SSSR count). The molecule has 0 radical (unpaired) electrons. The molecule has 0 unspecified atom stereocenters. The molecule has 0 amide bonds. The molecule has 0 aromatic carbocycles. The van der Waals surface area contributed by atoms with E-state index in [0.717, 1.165) is 0 Å². The number of alkyl halides is 2. The fraction of sp³-hybridized carbons (Fsp3) is 0.500. The fourth-order valence-corrected chi connectivity index (χ4v) is 1.73. The van der Waals surface area contributed by atoms with Gasteiger partial charge in [-0.25, -0.2) is 18.6 Å². The Balaban J connectivity index is 1.97. The van der Waals surface area contributed by atoms with Crippen LogP contribution in [0.4, 0.5) is 8.78 Å². The van der Waals surface area contributed by atoms with Crippen molar-refractivity contribution in [1.82, 2.24) is 4.98 Å². The molecule has 1 heterocycles. The van der Waals surface area contributed by atoms with Crippen LogP contribution in [0.25, 0.3) is 0 Å². The van der Waals surface area contributed by atoms with Gasteiger partial charge in [-0.15, -0.1) is 0 Å². The molecule has 0 spiro atoms. The Morgan fingerprint density at radius 3 is 2.84 bits per heavy atom. The van der Waals surface area contributed by atoms with Crippen LogP contribution < -0.4 is 4.74 Å². The van der Waals surface area contributed by atoms with Crippen LogP contribution in [-0.2, 0) is 4.74 Å². The standard InChI is InChI=1S/C12H12ClF2NO3/c1-2-18-11(17)10-9(13)3-8(5-16-10)19-6-7-4-12(7,14)15/h3,5,7H,2,4,6H2,1H3/t7-/m1/s1. The second kappa shape index (κ2) is 5.28. The topological polar surface area (TPSA) is 48.4 Å². The number of halogens is 3. The van der Waals surface area contributed by atoms with Crippen LogP contribution in [0.3, 0.4) is 0 Å². The summed E-state index contributed by atoms with van der Waals surface area (Å²) >= 11 is 5.86. The average molecular weight is 292 g/mol. The maximum absolute atomic E-state index is 12.7. The van der Waals surface area contributed by atoms with Gasteiger partial charge in [-0.3, -0.25) is 0 Å². The van der Waals surface area contributed by atoms with Crippen LogP contribution in [0.2, 0.25) is 5.02 Å². The highest BCUT2D eigenvalue weighted by atomic mass is 35.5. The van der Waals surface area contributed by atoms with Crippen LogP contribution in [0, 0.1) is 5.92 Å². The molecule has 1 saturated carbocycles. The summed E-state index contributed by atoms with van der Waals surface area (Å²) in [6.07, 6.45) is 1.10. The van der Waals surface area contributed by atoms with Crippen molar-refractivity contribution in [2.75, 3.05) is 13.2 Å². The number of esters is 1. The van der Waals surface area contributed by atoms with Gasteiger partial charge in [0.1, 0.15) is 5.75 Å². The van der Waals surface area contributed by atoms with Gasteiger partial charge in [0.15, 0.2) is 5.69 Å². The number of rotatable bonds is 5. The van der Waals surface area contributed by atoms with Gasteiger partial charge >= 0.3 is 5.97 Å². The van der Waals surface area contributed by atoms with Crippen LogP contribution in [0.5, 0.6) is 5.75 Å². The SMILES string of the molecule is CCOC(=O)c1ncc(OC[C@H]2CC2(F)F)cc1Cl. The van der Waals surface area contributed by atoms with Gasteiger partial charge < -0.3 is 9.47 Å². The first-order valence-corrected chi connectivity index (χ1v) is 6.15. The van der Waals surface area contributed by atoms with E-state index in [9.17, 15) is 13.6 Å². The van der Waals surface area contributed by atoms with Crippen LogP contribution in [-0.4, -0.2) is 30.1 Å². The summed E-state index contributed by atoms with van der Waals surface area (Å²) in [4.78, 5) is 15.2. The van der Waals surface area contributed by atoms with Crippen molar-refractivity contribution in [3.05, 3.63) is 23.0 Å². The monoisotopic (exact) mass is 291 g/mol. The van der Waals surface area contributed by atoms with E-state index in [1.165, 1.54) is 12.3 Å². The summed E-state index contributed by atoms with van der Waals surface area (Å²) in [6, 6.07) is 1.36. The third-order valence-corrected chi connectivity index (χ3v) is 2.98. The first-order valence-electron chi connectivity index (χ1n) is 5.77. The van der Waals surface area contributed by atoms with Gasteiger partial charge in [0.05, 0.1) is 30.4 Å². The van der Waals surface area contributed by atoms with E-state index < -0.39 is 17.8 Å². The van der Waals surface area contributed by atoms with Crippen molar-refractivity contribution in [3.8, 4) is 5.75 Å². The molecule has 19 heavy (non-hydrogen) atoms. The summed E-state index contributed by atoms with van der Waals surface area (Å²) in [6.45, 7) is 1.79. The quantitative estimate of drug-likeness (QED) is 0.783. The number of hydrogen-bond donors (Lipinski definition) is 0. The van der Waals surface area contributed by atoms with E-state index in [-0.39, 0.29) is 36.1 Å². The van der Waals surface area contributed by atoms with Crippen molar-refractivity contribution >= 4 is 17.6 Å². The molecule has 0 N–H and O–H groups in total. The maximum atomic E-state index is 12.7. The number of ether oxygens (including phenoxy) is 2. The average Bonchev–Trinajstić information content (AvgIpc) is 2.95. The van der Waals surface area contributed by atoms with Crippen molar-refractivity contribution in [2.24, 2.45) is 5.92 Å². The lowest BCUT2D eigenvalue weighted by Gasteiger charge is -2.07. The number of carbonyl (C=O) groups is 1. The van der Waals surface area contributed by atoms with Gasteiger partial charge in [-0.1, -0.05) is 11.6 Å². The molecule has 1 aromatic rings. The Morgan fingerprint density at radius 1 is 1.63 bits per heavy atom. The summed E-state index contributed by atoms with van der Waals surface area (Å²) in [5.74, 6) is -3.76. The lowest BCUT2D eigenvalue weighted by Crippen LogP contribution is -2.09. The lowest BCUT2D eigenvalue weighted by atomic mass is 10.3. The van der Waals surface area contributed by atoms with E-state index in [2.05, 4.69) is 4.98 Å². The Bertz CT molecular complexity index is 496. The minimum atomic E-state index is -2.62. The van der Waals surface area contributed by atoms with Gasteiger partial charge in [0, 0.05) is 12.5 Å². The zero-order valence-electron chi connectivity index (χ0n) is 10.2. The number of hydrogen-bond acceptors (Lipinski definition) is 4. The maximum Gasteiger partial charge on any atom is 0.358 e. The van der Waals surface area contributed by atoms with Crippen LogP contribution in [0.1, 0.15) is 23.8 Å². The molecule has 1 aliphatic rings. The van der Waals surface area contributed by atoms with E-state index in [1.54, 1.807) is 6.92 Å². The van der Waals surface area contributed by atoms with Crippen LogP contribution >= 0.6 is 11.6 Å². The zero-order chi connectivity index (χ0) is 14.0. The molecule has 0 saturated heterocycles. The van der Waals surface area contributed by atoms with E-state index >= 15 is 0 Å². The highest BCUT2D eigenvalue weighted by molar-refractivity contribution is 6.33. The minimum absolute atomic E-state index is 0.0207. The predicted molar refractivity (Wildman–Crippen MR) is 63.8 cm³/mol. The molecule has 0 bridgehead atoms. The molecular formula is C12H12ClF2NO3. The summed E-state index contributed by atoms with van der Waals surface area (Å²) in [7, 11) is 0. The van der Waals surface area contributed by atoms with Crippen molar-refractivity contribution in [3.63, 3.8) is 0 Å². The normalized spacial score (nSPS) is 19.9. The Kier molecular flexibility index (Phi) is 3.89. The Hall–Kier alpha value is -1.43. The summed E-state index contributed by atoms with van der Waals surface area (Å²) < 4.78 is 35.2. The fourth-order valence-electron chi connectivity index (χ4n) is 1.50. The molecule has 7 heteroatoms. The molecule has 1 atom stereocenters. The highest BCUT2D eigenvalue weighted by Crippen LogP contribution is 2.48. The molecule has 104 valence electrons. The first-order chi connectivity index (χ1) is 8.94. The predicted octanol–water partition coefficient (Wildman–Crippen LogP) is 2.95. The molecule has 1 fully saturated rings. The largest absolute Gasteiger partial charge is 0.491 e. The van der Waals surface area contributed by atoms with Crippen molar-refractivity contribution in [1.29, 1.82) is 0 Å². The highest BCUT2D eigenvalue weighted by Gasteiger charge is 2.57. The van der Waals surface area contributed by atoms with Crippen molar-refractivity contribution < 1.29 is 23.0 Å². The number of pyridine rings is 1. The summed E-state index contributed by atoms with van der Waals surface area (Å²) in [5.41, 5.74) is -0.0207. The second-order valence-corrected chi connectivity index (χ2v) is 4.60. The molecule has 1 aromatic heterocycles. The van der Waals surface area contributed by atoms with Crippen LogP contribution in [0.15, 0.2) is 12.3 Å². The lowest BCUT2D eigenvalue weighted by molar-refractivity contribution is 0.0519.